The molecule has 1 rings (SSSR count). The number of allylic oxidation sites excluding steroid dienone is 2. The minimum Gasteiger partial charge on any atom is -0.547 e. The lowest BCUT2D eigenvalue weighted by molar-refractivity contribution is 0.376. The SMILES string of the molecule is CCCC[Si](C)(C)OC1=CCCCCCC1. The molecule has 2 heteroatoms. The summed E-state index contributed by atoms with van der Waals surface area (Å²) in [5.74, 6) is 1.31. The molecular formula is C14H28OSi. The van der Waals surface area contributed by atoms with Gasteiger partial charge in [0.1, 0.15) is 0 Å². The minimum absolute atomic E-state index is 1.18. The van der Waals surface area contributed by atoms with Crippen LogP contribution in [0.4, 0.5) is 0 Å². The normalized spacial score (nSPS) is 18.6. The fourth-order valence-electron chi connectivity index (χ4n) is 2.26. The standard InChI is InChI=1S/C14H28OSi/c1-4-5-13-16(2,3)15-14-11-9-7-6-8-10-12-14/h11H,4-10,12-13H2,1-3H3. The van der Waals surface area contributed by atoms with Crippen molar-refractivity contribution in [1.29, 1.82) is 0 Å². The van der Waals surface area contributed by atoms with E-state index in [0.29, 0.717) is 0 Å². The molecule has 1 aliphatic carbocycles. The lowest BCUT2D eigenvalue weighted by atomic mass is 10.1. The van der Waals surface area contributed by atoms with E-state index in [1.807, 2.05) is 0 Å². The third kappa shape index (κ3) is 5.74. The molecule has 0 aromatic rings. The fourth-order valence-corrected chi connectivity index (χ4v) is 4.47. The van der Waals surface area contributed by atoms with Crippen molar-refractivity contribution in [1.82, 2.24) is 0 Å². The summed E-state index contributed by atoms with van der Waals surface area (Å²) in [7, 11) is -1.42. The van der Waals surface area contributed by atoms with Gasteiger partial charge in [-0.15, -0.1) is 0 Å². The first-order chi connectivity index (χ1) is 7.64. The molecule has 0 N–H and O–H groups in total. The molecule has 0 aliphatic heterocycles. The van der Waals surface area contributed by atoms with Crippen LogP contribution in [-0.2, 0) is 4.43 Å². The van der Waals surface area contributed by atoms with Crippen LogP contribution < -0.4 is 0 Å². The van der Waals surface area contributed by atoms with Crippen molar-refractivity contribution in [2.24, 2.45) is 0 Å². The first kappa shape index (κ1) is 13.8. The molecular weight excluding hydrogens is 212 g/mol. The van der Waals surface area contributed by atoms with E-state index in [1.165, 1.54) is 63.2 Å². The van der Waals surface area contributed by atoms with Gasteiger partial charge in [-0.25, -0.2) is 0 Å². The van der Waals surface area contributed by atoms with Gasteiger partial charge < -0.3 is 4.43 Å². The zero-order chi connectivity index (χ0) is 11.9. The summed E-state index contributed by atoms with van der Waals surface area (Å²) < 4.78 is 6.32. The van der Waals surface area contributed by atoms with Crippen molar-refractivity contribution in [3.8, 4) is 0 Å². The highest BCUT2D eigenvalue weighted by Crippen LogP contribution is 2.24. The Bertz CT molecular complexity index is 221. The third-order valence-electron chi connectivity index (χ3n) is 3.29. The first-order valence-corrected chi connectivity index (χ1v) is 10.1. The summed E-state index contributed by atoms with van der Waals surface area (Å²) in [6.45, 7) is 6.99. The van der Waals surface area contributed by atoms with Crippen LogP contribution in [0.2, 0.25) is 19.1 Å². The Morgan fingerprint density at radius 2 is 1.94 bits per heavy atom. The predicted molar refractivity (Wildman–Crippen MR) is 74.1 cm³/mol. The lowest BCUT2D eigenvalue weighted by Gasteiger charge is -2.26. The van der Waals surface area contributed by atoms with Crippen LogP contribution in [0.5, 0.6) is 0 Å². The average molecular weight is 240 g/mol. The average Bonchev–Trinajstić information content (AvgIpc) is 2.19. The molecule has 16 heavy (non-hydrogen) atoms. The highest BCUT2D eigenvalue weighted by atomic mass is 28.4. The maximum atomic E-state index is 6.32. The van der Waals surface area contributed by atoms with Gasteiger partial charge in [-0.1, -0.05) is 32.6 Å². The van der Waals surface area contributed by atoms with Gasteiger partial charge in [0, 0.05) is 6.42 Å². The molecule has 0 unspecified atom stereocenters. The van der Waals surface area contributed by atoms with Gasteiger partial charge in [0.2, 0.25) is 8.32 Å². The second-order valence-electron chi connectivity index (χ2n) is 5.59. The van der Waals surface area contributed by atoms with Crippen molar-refractivity contribution in [2.45, 2.75) is 77.4 Å². The van der Waals surface area contributed by atoms with E-state index < -0.39 is 8.32 Å². The molecule has 0 saturated heterocycles. The van der Waals surface area contributed by atoms with Crippen LogP contribution in [0.15, 0.2) is 11.8 Å². The molecule has 1 nitrogen and oxygen atoms in total. The lowest BCUT2D eigenvalue weighted by Crippen LogP contribution is -2.29. The molecule has 0 aromatic heterocycles. The largest absolute Gasteiger partial charge is 0.547 e. The molecule has 0 saturated carbocycles. The van der Waals surface area contributed by atoms with Crippen LogP contribution in [0.25, 0.3) is 0 Å². The van der Waals surface area contributed by atoms with E-state index in [4.69, 9.17) is 4.43 Å². The van der Waals surface area contributed by atoms with E-state index >= 15 is 0 Å². The zero-order valence-electron chi connectivity index (χ0n) is 11.3. The van der Waals surface area contributed by atoms with Gasteiger partial charge in [-0.05, 0) is 44.5 Å². The van der Waals surface area contributed by atoms with E-state index in [1.54, 1.807) is 0 Å². The maximum absolute atomic E-state index is 6.32. The molecule has 0 heterocycles. The molecule has 0 aromatic carbocycles. The van der Waals surface area contributed by atoms with Gasteiger partial charge in [-0.2, -0.15) is 0 Å². The maximum Gasteiger partial charge on any atom is 0.244 e. The molecule has 0 radical (unpaired) electrons. The van der Waals surface area contributed by atoms with Gasteiger partial charge in [-0.3, -0.25) is 0 Å². The van der Waals surface area contributed by atoms with E-state index in [2.05, 4.69) is 26.1 Å². The number of unbranched alkanes of at least 4 members (excludes halogenated alkanes) is 1. The van der Waals surface area contributed by atoms with E-state index in [9.17, 15) is 0 Å². The van der Waals surface area contributed by atoms with Crippen LogP contribution in [-0.4, -0.2) is 8.32 Å². The molecule has 0 fully saturated rings. The second kappa shape index (κ2) is 7.15. The van der Waals surface area contributed by atoms with E-state index in [0.717, 1.165) is 0 Å². The molecule has 0 spiro atoms. The summed E-state index contributed by atoms with van der Waals surface area (Å²) >= 11 is 0. The van der Waals surface area contributed by atoms with Gasteiger partial charge >= 0.3 is 0 Å². The smallest absolute Gasteiger partial charge is 0.244 e. The van der Waals surface area contributed by atoms with Crippen LogP contribution >= 0.6 is 0 Å². The Kier molecular flexibility index (Phi) is 6.18. The summed E-state index contributed by atoms with van der Waals surface area (Å²) in [6, 6.07) is 1.31. The van der Waals surface area contributed by atoms with E-state index in [-0.39, 0.29) is 0 Å². The zero-order valence-corrected chi connectivity index (χ0v) is 12.3. The minimum atomic E-state index is -1.42. The Morgan fingerprint density at radius 1 is 1.19 bits per heavy atom. The van der Waals surface area contributed by atoms with Gasteiger partial charge in [0.15, 0.2) is 0 Å². The van der Waals surface area contributed by atoms with Gasteiger partial charge in [0.05, 0.1) is 5.76 Å². The van der Waals surface area contributed by atoms with Crippen molar-refractivity contribution in [2.75, 3.05) is 0 Å². The summed E-state index contributed by atoms with van der Waals surface area (Å²) in [4.78, 5) is 0. The molecule has 0 atom stereocenters. The quantitative estimate of drug-likeness (QED) is 0.597. The first-order valence-electron chi connectivity index (χ1n) is 7.02. The molecule has 0 amide bonds. The predicted octanol–water partition coefficient (Wildman–Crippen LogP) is 5.25. The molecule has 94 valence electrons. The number of hydrogen-bond acceptors (Lipinski definition) is 1. The van der Waals surface area contributed by atoms with Crippen LogP contribution in [0.3, 0.4) is 0 Å². The summed E-state index contributed by atoms with van der Waals surface area (Å²) in [5, 5.41) is 0. The van der Waals surface area contributed by atoms with Crippen LogP contribution in [0, 0.1) is 0 Å². The van der Waals surface area contributed by atoms with Gasteiger partial charge in [0.25, 0.3) is 0 Å². The van der Waals surface area contributed by atoms with Crippen LogP contribution in [0.1, 0.15) is 58.3 Å². The van der Waals surface area contributed by atoms with Crippen molar-refractivity contribution in [3.05, 3.63) is 11.8 Å². The summed E-state index contributed by atoms with van der Waals surface area (Å²) in [5.41, 5.74) is 0. The van der Waals surface area contributed by atoms with Crippen molar-refractivity contribution >= 4 is 8.32 Å². The number of hydrogen-bond donors (Lipinski definition) is 0. The monoisotopic (exact) mass is 240 g/mol. The Balaban J connectivity index is 2.43. The Morgan fingerprint density at radius 3 is 2.69 bits per heavy atom. The number of rotatable bonds is 5. The third-order valence-corrected chi connectivity index (χ3v) is 5.66. The topological polar surface area (TPSA) is 9.23 Å². The summed E-state index contributed by atoms with van der Waals surface area (Å²) in [6.07, 6.45) is 12.9. The highest BCUT2D eigenvalue weighted by Gasteiger charge is 2.24. The van der Waals surface area contributed by atoms with Crippen molar-refractivity contribution < 1.29 is 4.43 Å². The Labute approximate surface area is 102 Å². The second-order valence-corrected chi connectivity index (χ2v) is 9.81. The fraction of sp³-hybridized carbons (Fsp3) is 0.857. The molecule has 0 bridgehead atoms. The Hall–Kier alpha value is -0.243. The molecule has 1 aliphatic rings. The highest BCUT2D eigenvalue weighted by molar-refractivity contribution is 6.71. The van der Waals surface area contributed by atoms with Crippen molar-refractivity contribution in [3.63, 3.8) is 0 Å².